The van der Waals surface area contributed by atoms with E-state index in [4.69, 9.17) is 4.74 Å². The number of hydrogen-bond acceptors (Lipinski definition) is 3. The van der Waals surface area contributed by atoms with Crippen molar-refractivity contribution in [3.63, 3.8) is 0 Å². The fourth-order valence-electron chi connectivity index (χ4n) is 1.35. The Bertz CT molecular complexity index is 464. The van der Waals surface area contributed by atoms with Crippen LogP contribution in [0.15, 0.2) is 18.2 Å². The molecule has 2 aromatic rings. The molecular weight excluding hydrogens is 203 g/mol. The molecule has 2 nitrogen and oxygen atoms in total. The number of benzene rings is 1. The standard InChI is InChI=1S/C10H9FO2S/c1-2-13-9-8-6(11)4-3-5-7(8)14-10(9)12/h3-5,12H,2H2,1H3. The number of aromatic hydroxyl groups is 1. The van der Waals surface area contributed by atoms with Crippen molar-refractivity contribution in [2.75, 3.05) is 6.61 Å². The molecule has 0 aliphatic carbocycles. The SMILES string of the molecule is CCOc1c(O)sc2cccc(F)c12. The van der Waals surface area contributed by atoms with Gasteiger partial charge < -0.3 is 9.84 Å². The number of ether oxygens (including phenoxy) is 1. The minimum atomic E-state index is -0.359. The van der Waals surface area contributed by atoms with Crippen LogP contribution in [0.4, 0.5) is 4.39 Å². The van der Waals surface area contributed by atoms with Crippen molar-refractivity contribution in [2.45, 2.75) is 6.92 Å². The smallest absolute Gasteiger partial charge is 0.215 e. The van der Waals surface area contributed by atoms with Crippen molar-refractivity contribution in [1.82, 2.24) is 0 Å². The fraction of sp³-hybridized carbons (Fsp3) is 0.200. The van der Waals surface area contributed by atoms with E-state index in [0.717, 1.165) is 11.3 Å². The summed E-state index contributed by atoms with van der Waals surface area (Å²) >= 11 is 1.12. The first kappa shape index (κ1) is 9.27. The molecule has 0 radical (unpaired) electrons. The Labute approximate surface area is 84.6 Å². The van der Waals surface area contributed by atoms with Gasteiger partial charge in [0.2, 0.25) is 5.06 Å². The van der Waals surface area contributed by atoms with Crippen molar-refractivity contribution >= 4 is 21.4 Å². The first-order valence-corrected chi connectivity index (χ1v) is 5.08. The van der Waals surface area contributed by atoms with Crippen LogP contribution in [0.3, 0.4) is 0 Å². The van der Waals surface area contributed by atoms with E-state index in [-0.39, 0.29) is 16.6 Å². The average molecular weight is 212 g/mol. The number of rotatable bonds is 2. The Kier molecular flexibility index (Phi) is 2.29. The lowest BCUT2D eigenvalue weighted by atomic mass is 10.2. The summed E-state index contributed by atoms with van der Waals surface area (Å²) in [4.78, 5) is 0. The molecule has 0 saturated heterocycles. The van der Waals surface area contributed by atoms with Gasteiger partial charge >= 0.3 is 0 Å². The van der Waals surface area contributed by atoms with Crippen LogP contribution in [0.2, 0.25) is 0 Å². The predicted octanol–water partition coefficient (Wildman–Crippen LogP) is 3.14. The van der Waals surface area contributed by atoms with E-state index < -0.39 is 0 Å². The highest BCUT2D eigenvalue weighted by molar-refractivity contribution is 7.21. The maximum absolute atomic E-state index is 13.4. The van der Waals surface area contributed by atoms with Crippen molar-refractivity contribution < 1.29 is 14.2 Å². The van der Waals surface area contributed by atoms with Gasteiger partial charge in [0.15, 0.2) is 5.75 Å². The van der Waals surface area contributed by atoms with Crippen LogP contribution in [-0.2, 0) is 0 Å². The topological polar surface area (TPSA) is 29.5 Å². The normalized spacial score (nSPS) is 10.7. The number of thiophene rings is 1. The zero-order valence-electron chi connectivity index (χ0n) is 7.58. The fourth-order valence-corrected chi connectivity index (χ4v) is 2.25. The Balaban J connectivity index is 2.73. The quantitative estimate of drug-likeness (QED) is 0.828. The molecule has 0 atom stereocenters. The lowest BCUT2D eigenvalue weighted by molar-refractivity contribution is 0.326. The van der Waals surface area contributed by atoms with E-state index in [0.29, 0.717) is 16.7 Å². The molecule has 0 saturated carbocycles. The maximum atomic E-state index is 13.4. The number of fused-ring (bicyclic) bond motifs is 1. The molecule has 0 aliphatic rings. The summed E-state index contributed by atoms with van der Waals surface area (Å²) in [6.07, 6.45) is 0. The summed E-state index contributed by atoms with van der Waals surface area (Å²) in [5.74, 6) is -0.104. The van der Waals surface area contributed by atoms with E-state index in [1.165, 1.54) is 6.07 Å². The third-order valence-corrected chi connectivity index (χ3v) is 2.83. The molecular formula is C10H9FO2S. The molecule has 0 unspecified atom stereocenters. The summed E-state index contributed by atoms with van der Waals surface area (Å²) in [6.45, 7) is 2.21. The third kappa shape index (κ3) is 1.32. The van der Waals surface area contributed by atoms with Crippen LogP contribution in [0.5, 0.6) is 10.8 Å². The molecule has 1 N–H and O–H groups in total. The van der Waals surface area contributed by atoms with Crippen LogP contribution in [0.1, 0.15) is 6.92 Å². The average Bonchev–Trinajstić information content (AvgIpc) is 2.45. The Morgan fingerprint density at radius 2 is 2.29 bits per heavy atom. The van der Waals surface area contributed by atoms with Crippen molar-refractivity contribution in [3.8, 4) is 10.8 Å². The molecule has 4 heteroatoms. The van der Waals surface area contributed by atoms with Crippen LogP contribution >= 0.6 is 11.3 Å². The second-order valence-corrected chi connectivity index (χ2v) is 3.81. The first-order chi connectivity index (χ1) is 6.74. The van der Waals surface area contributed by atoms with Gasteiger partial charge in [-0.2, -0.15) is 0 Å². The van der Waals surface area contributed by atoms with E-state index in [1.807, 2.05) is 0 Å². The van der Waals surface area contributed by atoms with E-state index >= 15 is 0 Å². The van der Waals surface area contributed by atoms with Crippen LogP contribution in [-0.4, -0.2) is 11.7 Å². The molecule has 0 spiro atoms. The number of hydrogen-bond donors (Lipinski definition) is 1. The minimum absolute atomic E-state index is 0.0342. The molecule has 0 aliphatic heterocycles. The lowest BCUT2D eigenvalue weighted by Gasteiger charge is -2.01. The van der Waals surface area contributed by atoms with E-state index in [2.05, 4.69) is 0 Å². The van der Waals surface area contributed by atoms with Gasteiger partial charge in [0, 0.05) is 4.70 Å². The highest BCUT2D eigenvalue weighted by Gasteiger charge is 2.15. The van der Waals surface area contributed by atoms with Gasteiger partial charge in [0.1, 0.15) is 5.82 Å². The molecule has 2 rings (SSSR count). The van der Waals surface area contributed by atoms with Gasteiger partial charge in [-0.15, -0.1) is 0 Å². The van der Waals surface area contributed by atoms with Crippen LogP contribution < -0.4 is 4.74 Å². The van der Waals surface area contributed by atoms with E-state index in [1.54, 1.807) is 19.1 Å². The predicted molar refractivity (Wildman–Crippen MR) is 54.6 cm³/mol. The van der Waals surface area contributed by atoms with Gasteiger partial charge in [0.25, 0.3) is 0 Å². The molecule has 0 fully saturated rings. The summed E-state index contributed by atoms with van der Waals surface area (Å²) in [7, 11) is 0. The van der Waals surface area contributed by atoms with Gasteiger partial charge in [-0.25, -0.2) is 4.39 Å². The maximum Gasteiger partial charge on any atom is 0.215 e. The summed E-state index contributed by atoms with van der Waals surface area (Å²) < 4.78 is 19.3. The Morgan fingerprint density at radius 3 is 3.00 bits per heavy atom. The van der Waals surface area contributed by atoms with Crippen molar-refractivity contribution in [2.24, 2.45) is 0 Å². The second-order valence-electron chi connectivity index (χ2n) is 2.78. The van der Waals surface area contributed by atoms with Gasteiger partial charge in [-0.1, -0.05) is 17.4 Å². The summed E-state index contributed by atoms with van der Waals surface area (Å²) in [6, 6.07) is 4.73. The molecule has 0 bridgehead atoms. The van der Waals surface area contributed by atoms with Crippen LogP contribution in [0, 0.1) is 5.82 Å². The van der Waals surface area contributed by atoms with Crippen molar-refractivity contribution in [1.29, 1.82) is 0 Å². The lowest BCUT2D eigenvalue weighted by Crippen LogP contribution is -1.91. The van der Waals surface area contributed by atoms with E-state index in [9.17, 15) is 9.50 Å². The molecule has 14 heavy (non-hydrogen) atoms. The second kappa shape index (κ2) is 3.46. The largest absolute Gasteiger partial charge is 0.497 e. The molecule has 1 aromatic heterocycles. The third-order valence-electron chi connectivity index (χ3n) is 1.89. The zero-order chi connectivity index (χ0) is 10.1. The van der Waals surface area contributed by atoms with Gasteiger partial charge in [-0.3, -0.25) is 0 Å². The minimum Gasteiger partial charge on any atom is -0.497 e. The van der Waals surface area contributed by atoms with Gasteiger partial charge in [-0.05, 0) is 19.1 Å². The molecule has 1 aromatic carbocycles. The highest BCUT2D eigenvalue weighted by atomic mass is 32.1. The molecule has 0 amide bonds. The monoisotopic (exact) mass is 212 g/mol. The molecule has 74 valence electrons. The first-order valence-electron chi connectivity index (χ1n) is 4.26. The van der Waals surface area contributed by atoms with Crippen LogP contribution in [0.25, 0.3) is 10.1 Å². The van der Waals surface area contributed by atoms with Gasteiger partial charge in [0.05, 0.1) is 12.0 Å². The number of halogens is 1. The summed E-state index contributed by atoms with van der Waals surface area (Å²) in [5.41, 5.74) is 0. The molecule has 1 heterocycles. The highest BCUT2D eigenvalue weighted by Crippen LogP contribution is 2.44. The Hall–Kier alpha value is -1.29. The summed E-state index contributed by atoms with van der Waals surface area (Å²) in [5, 5.41) is 9.92. The Morgan fingerprint density at radius 1 is 1.50 bits per heavy atom. The zero-order valence-corrected chi connectivity index (χ0v) is 8.40. The van der Waals surface area contributed by atoms with Crippen molar-refractivity contribution in [3.05, 3.63) is 24.0 Å².